The van der Waals surface area contributed by atoms with Gasteiger partial charge in [0, 0.05) is 31.5 Å². The largest absolute Gasteiger partial charge is 0.444 e. The number of methoxy groups -OCH3 is 1. The molecule has 0 aromatic rings. The van der Waals surface area contributed by atoms with E-state index in [9.17, 15) is 4.79 Å². The van der Waals surface area contributed by atoms with Gasteiger partial charge >= 0.3 is 6.09 Å². The first kappa shape index (κ1) is 18.6. The van der Waals surface area contributed by atoms with Gasteiger partial charge in [0.2, 0.25) is 0 Å². The zero-order chi connectivity index (χ0) is 15.7. The summed E-state index contributed by atoms with van der Waals surface area (Å²) in [6.45, 7) is 6.95. The van der Waals surface area contributed by atoms with Crippen LogP contribution in [0.1, 0.15) is 40.0 Å². The Morgan fingerprint density at radius 2 is 2.19 bits per heavy atom. The third-order valence-electron chi connectivity index (χ3n) is 3.17. The molecule has 0 aliphatic carbocycles. The van der Waals surface area contributed by atoms with Gasteiger partial charge in [0.25, 0.3) is 0 Å². The van der Waals surface area contributed by atoms with Gasteiger partial charge in [-0.05, 0) is 45.8 Å². The van der Waals surface area contributed by atoms with Crippen LogP contribution in [0, 0.1) is 0 Å². The number of amides is 1. The number of nitrogens with one attached hydrogen (secondary N) is 2. The van der Waals surface area contributed by atoms with Gasteiger partial charge in [-0.3, -0.25) is 0 Å². The molecule has 1 fully saturated rings. The molecule has 2 atom stereocenters. The lowest BCUT2D eigenvalue weighted by Gasteiger charge is -2.22. The average Bonchev–Trinajstić information content (AvgIpc) is 2.85. The van der Waals surface area contributed by atoms with Crippen LogP contribution >= 0.6 is 11.8 Å². The Morgan fingerprint density at radius 1 is 1.43 bits per heavy atom. The Labute approximate surface area is 132 Å². The van der Waals surface area contributed by atoms with Crippen LogP contribution in [0.15, 0.2) is 0 Å². The fourth-order valence-corrected chi connectivity index (χ4v) is 3.43. The first-order valence-corrected chi connectivity index (χ1v) is 8.86. The summed E-state index contributed by atoms with van der Waals surface area (Å²) in [5.74, 6) is 2.44. The number of carbonyl (C=O) groups excluding carboxylic acids is 1. The second-order valence-corrected chi connectivity index (χ2v) is 7.60. The predicted molar refractivity (Wildman–Crippen MR) is 88.0 cm³/mol. The molecule has 1 rings (SSSR count). The van der Waals surface area contributed by atoms with E-state index in [1.165, 1.54) is 17.9 Å². The molecule has 0 aromatic carbocycles. The minimum absolute atomic E-state index is 0.342. The maximum atomic E-state index is 11.5. The van der Waals surface area contributed by atoms with Crippen molar-refractivity contribution in [1.82, 2.24) is 10.6 Å². The molecule has 6 heteroatoms. The molecular weight excluding hydrogens is 288 g/mol. The van der Waals surface area contributed by atoms with Crippen molar-refractivity contribution in [2.24, 2.45) is 0 Å². The summed E-state index contributed by atoms with van der Waals surface area (Å²) < 4.78 is 10.5. The van der Waals surface area contributed by atoms with Crippen LogP contribution in [-0.2, 0) is 9.47 Å². The minimum atomic E-state index is -0.440. The lowest BCUT2D eigenvalue weighted by atomic mass is 10.1. The van der Waals surface area contributed by atoms with Gasteiger partial charge < -0.3 is 20.1 Å². The highest BCUT2D eigenvalue weighted by atomic mass is 32.2. The lowest BCUT2D eigenvalue weighted by molar-refractivity contribution is 0.0526. The van der Waals surface area contributed by atoms with Crippen molar-refractivity contribution in [3.63, 3.8) is 0 Å². The van der Waals surface area contributed by atoms with E-state index < -0.39 is 5.60 Å². The Morgan fingerprint density at radius 3 is 2.76 bits per heavy atom. The van der Waals surface area contributed by atoms with Gasteiger partial charge in [-0.15, -0.1) is 0 Å². The highest BCUT2D eigenvalue weighted by Crippen LogP contribution is 2.18. The van der Waals surface area contributed by atoms with Crippen LogP contribution in [-0.4, -0.2) is 55.5 Å². The third-order valence-corrected chi connectivity index (χ3v) is 4.33. The van der Waals surface area contributed by atoms with Crippen LogP contribution in [0.4, 0.5) is 4.79 Å². The Kier molecular flexibility index (Phi) is 8.44. The maximum absolute atomic E-state index is 11.5. The number of carbonyl (C=O) groups is 1. The van der Waals surface area contributed by atoms with E-state index in [-0.39, 0.29) is 6.09 Å². The van der Waals surface area contributed by atoms with Crippen LogP contribution in [0.3, 0.4) is 0 Å². The summed E-state index contributed by atoms with van der Waals surface area (Å²) in [7, 11) is 1.73. The molecule has 0 bridgehead atoms. The molecular formula is C15H30N2O3S. The highest BCUT2D eigenvalue weighted by Gasteiger charge is 2.19. The number of ether oxygens (including phenoxy) is 2. The topological polar surface area (TPSA) is 59.6 Å². The zero-order valence-corrected chi connectivity index (χ0v) is 14.6. The van der Waals surface area contributed by atoms with Crippen LogP contribution in [0.5, 0.6) is 0 Å². The monoisotopic (exact) mass is 318 g/mol. The van der Waals surface area contributed by atoms with Crippen LogP contribution < -0.4 is 10.6 Å². The van der Waals surface area contributed by atoms with E-state index in [0.29, 0.717) is 25.2 Å². The summed E-state index contributed by atoms with van der Waals surface area (Å²) in [4.78, 5) is 11.5. The van der Waals surface area contributed by atoms with Gasteiger partial charge in [-0.25, -0.2) is 4.79 Å². The molecule has 1 aliphatic rings. The number of rotatable bonds is 8. The van der Waals surface area contributed by atoms with Gasteiger partial charge in [0.1, 0.15) is 5.60 Å². The first-order valence-electron chi connectivity index (χ1n) is 7.70. The van der Waals surface area contributed by atoms with Crippen molar-refractivity contribution < 1.29 is 14.3 Å². The lowest BCUT2D eigenvalue weighted by Crippen LogP contribution is -2.41. The van der Waals surface area contributed by atoms with E-state index in [1.54, 1.807) is 7.11 Å². The molecule has 1 saturated heterocycles. The highest BCUT2D eigenvalue weighted by molar-refractivity contribution is 7.99. The molecule has 0 radical (unpaired) electrons. The predicted octanol–water partition coefficient (Wildman–Crippen LogP) is 2.40. The average molecular weight is 318 g/mol. The van der Waals surface area contributed by atoms with Gasteiger partial charge in [-0.2, -0.15) is 11.8 Å². The smallest absolute Gasteiger partial charge is 0.407 e. The van der Waals surface area contributed by atoms with E-state index >= 15 is 0 Å². The minimum Gasteiger partial charge on any atom is -0.444 e. The first-order chi connectivity index (χ1) is 9.90. The second kappa shape index (κ2) is 9.54. The van der Waals surface area contributed by atoms with E-state index in [2.05, 4.69) is 10.6 Å². The van der Waals surface area contributed by atoms with Crippen molar-refractivity contribution in [3.05, 3.63) is 0 Å². The molecule has 0 spiro atoms. The maximum Gasteiger partial charge on any atom is 0.407 e. The summed E-state index contributed by atoms with van der Waals surface area (Å²) in [6, 6.07) is 0.966. The van der Waals surface area contributed by atoms with Gasteiger partial charge in [0.05, 0.1) is 6.61 Å². The normalized spacial score (nSPS) is 20.3. The second-order valence-electron chi connectivity index (χ2n) is 6.45. The Bertz CT molecular complexity index is 302. The molecule has 124 valence electrons. The van der Waals surface area contributed by atoms with Crippen molar-refractivity contribution in [2.75, 3.05) is 31.8 Å². The molecule has 1 heterocycles. The van der Waals surface area contributed by atoms with Crippen molar-refractivity contribution in [1.29, 1.82) is 0 Å². The molecule has 0 aromatic heterocycles. The summed E-state index contributed by atoms with van der Waals surface area (Å²) >= 11 is 2.00. The van der Waals surface area contributed by atoms with Crippen molar-refractivity contribution >= 4 is 17.9 Å². The molecule has 2 unspecified atom stereocenters. The van der Waals surface area contributed by atoms with E-state index in [0.717, 1.165) is 12.8 Å². The molecule has 0 saturated carbocycles. The van der Waals surface area contributed by atoms with E-state index in [1.807, 2.05) is 32.5 Å². The Hall–Kier alpha value is -0.460. The summed E-state index contributed by atoms with van der Waals surface area (Å²) in [5.41, 5.74) is -0.440. The molecule has 5 nitrogen and oxygen atoms in total. The van der Waals surface area contributed by atoms with Gasteiger partial charge in [0.15, 0.2) is 0 Å². The number of alkyl carbamates (subject to hydrolysis) is 1. The number of hydrogen-bond donors (Lipinski definition) is 2. The summed E-state index contributed by atoms with van der Waals surface area (Å²) in [6.07, 6.45) is 2.80. The Balaban J connectivity index is 2.16. The van der Waals surface area contributed by atoms with Crippen molar-refractivity contribution in [3.8, 4) is 0 Å². The standard InChI is InChI=1S/C15H30N2O3S/c1-15(2,3)20-14(18)16-8-5-6-12(10-19-4)17-13-7-9-21-11-13/h12-13,17H,5-11H2,1-4H3,(H,16,18). The molecule has 1 amide bonds. The fraction of sp³-hybridized carbons (Fsp3) is 0.933. The molecule has 21 heavy (non-hydrogen) atoms. The van der Waals surface area contributed by atoms with Gasteiger partial charge in [-0.1, -0.05) is 0 Å². The zero-order valence-electron chi connectivity index (χ0n) is 13.7. The SMILES string of the molecule is COCC(CCCNC(=O)OC(C)(C)C)NC1CCSC1. The number of hydrogen-bond acceptors (Lipinski definition) is 5. The molecule has 2 N–H and O–H groups in total. The van der Waals surface area contributed by atoms with Crippen LogP contribution in [0.25, 0.3) is 0 Å². The number of thioether (sulfide) groups is 1. The fourth-order valence-electron chi connectivity index (χ4n) is 2.27. The summed E-state index contributed by atoms with van der Waals surface area (Å²) in [5, 5.41) is 6.45. The van der Waals surface area contributed by atoms with Crippen molar-refractivity contribution in [2.45, 2.75) is 57.7 Å². The third kappa shape index (κ3) is 9.22. The van der Waals surface area contributed by atoms with Crippen LogP contribution in [0.2, 0.25) is 0 Å². The molecule has 1 aliphatic heterocycles. The quantitative estimate of drug-likeness (QED) is 0.673. The van der Waals surface area contributed by atoms with E-state index in [4.69, 9.17) is 9.47 Å².